The van der Waals surface area contributed by atoms with Gasteiger partial charge in [0, 0.05) is 0 Å². The van der Waals surface area contributed by atoms with Gasteiger partial charge in [0.2, 0.25) is 0 Å². The molecule has 0 aromatic heterocycles. The Morgan fingerprint density at radius 1 is 0.833 bits per heavy atom. The molecule has 0 fully saturated rings. The molecule has 4 N–H and O–H groups in total. The number of hydrogen-bond acceptors (Lipinski definition) is 6. The van der Waals surface area contributed by atoms with Gasteiger partial charge < -0.3 is 20.9 Å². The zero-order valence-corrected chi connectivity index (χ0v) is 21.0. The maximum atomic E-state index is 11.0. The van der Waals surface area contributed by atoms with Gasteiger partial charge in [0.25, 0.3) is 0 Å². The van der Waals surface area contributed by atoms with Crippen LogP contribution >= 0.6 is 19.1 Å². The van der Waals surface area contributed by atoms with Crippen molar-refractivity contribution in [2.45, 2.75) is 24.9 Å². The SMILES string of the molecule is COC(=O)[C@@H](N)Cc1[c-]cccc1.COC(=O)[C@@H](N)Cc1[c-]cccc1.[Cl][Pd+].[Cl][Pd+]. The van der Waals surface area contributed by atoms with E-state index in [1.54, 1.807) is 12.1 Å². The number of halogens is 2. The van der Waals surface area contributed by atoms with E-state index in [1.807, 2.05) is 36.4 Å². The third-order valence-electron chi connectivity index (χ3n) is 3.43. The van der Waals surface area contributed by atoms with Crippen LogP contribution in [0.5, 0.6) is 0 Å². The first-order valence-electron chi connectivity index (χ1n) is 8.29. The van der Waals surface area contributed by atoms with Gasteiger partial charge in [-0.25, -0.2) is 0 Å². The number of benzene rings is 2. The number of esters is 2. The first-order valence-corrected chi connectivity index (χ1v) is 12.3. The molecule has 0 aliphatic rings. The summed E-state index contributed by atoms with van der Waals surface area (Å²) >= 11 is 4.44. The summed E-state index contributed by atoms with van der Waals surface area (Å²) in [6.45, 7) is 0. The minimum atomic E-state index is -0.594. The van der Waals surface area contributed by atoms with Gasteiger partial charge in [0.15, 0.2) is 0 Å². The normalized spacial score (nSPS) is 11.0. The number of methoxy groups -OCH3 is 2. The van der Waals surface area contributed by atoms with Gasteiger partial charge in [0.1, 0.15) is 12.1 Å². The van der Waals surface area contributed by atoms with Crippen LogP contribution in [0.4, 0.5) is 0 Å². The van der Waals surface area contributed by atoms with Crippen LogP contribution in [-0.2, 0) is 68.3 Å². The molecule has 0 unspecified atom stereocenters. The molecule has 0 bridgehead atoms. The van der Waals surface area contributed by atoms with E-state index in [1.165, 1.54) is 14.2 Å². The summed E-state index contributed by atoms with van der Waals surface area (Å²) in [6, 6.07) is 19.6. The number of carbonyl (C=O) groups excluding carboxylic acids is 2. The molecular weight excluding hydrogens is 616 g/mol. The second-order valence-corrected chi connectivity index (χ2v) is 5.44. The van der Waals surface area contributed by atoms with Gasteiger partial charge in [-0.1, -0.05) is 0 Å². The number of carbonyl (C=O) groups is 2. The van der Waals surface area contributed by atoms with Gasteiger partial charge in [-0.05, 0) is 12.8 Å². The average molecular weight is 640 g/mol. The predicted molar refractivity (Wildman–Crippen MR) is 110 cm³/mol. The number of ether oxygens (including phenoxy) is 2. The van der Waals surface area contributed by atoms with Crippen molar-refractivity contribution in [3.8, 4) is 0 Å². The second kappa shape index (κ2) is 21.4. The Balaban J connectivity index is 0. The van der Waals surface area contributed by atoms with Crippen molar-refractivity contribution in [3.05, 3.63) is 71.8 Å². The molecule has 2 rings (SSSR count). The van der Waals surface area contributed by atoms with E-state index in [0.717, 1.165) is 11.1 Å². The Bertz CT molecular complexity index is 624. The Morgan fingerprint density at radius 2 is 1.17 bits per heavy atom. The molecule has 172 valence electrons. The van der Waals surface area contributed by atoms with Gasteiger partial charge >= 0.3 is 67.4 Å². The van der Waals surface area contributed by atoms with Crippen LogP contribution in [0.2, 0.25) is 0 Å². The third kappa shape index (κ3) is 15.1. The number of hydrogen-bond donors (Lipinski definition) is 2. The molecule has 2 aromatic carbocycles. The van der Waals surface area contributed by atoms with Crippen molar-refractivity contribution in [3.63, 3.8) is 0 Å². The van der Waals surface area contributed by atoms with Crippen LogP contribution in [0.15, 0.2) is 48.5 Å². The first kappa shape index (κ1) is 31.4. The molecule has 0 aliphatic heterocycles. The molecule has 0 spiro atoms. The Kier molecular flexibility index (Phi) is 22.4. The van der Waals surface area contributed by atoms with E-state index >= 15 is 0 Å². The Hall–Kier alpha value is -0.795. The molecule has 0 radical (unpaired) electrons. The Morgan fingerprint density at radius 3 is 1.40 bits per heavy atom. The van der Waals surface area contributed by atoms with Crippen molar-refractivity contribution in [2.24, 2.45) is 11.5 Å². The van der Waals surface area contributed by atoms with Crippen LogP contribution in [-0.4, -0.2) is 38.2 Å². The molecule has 10 heteroatoms. The van der Waals surface area contributed by atoms with Gasteiger partial charge in [-0.3, -0.25) is 9.59 Å². The van der Waals surface area contributed by atoms with Gasteiger partial charge in [-0.2, -0.15) is 71.8 Å². The fraction of sp³-hybridized carbons (Fsp3) is 0.300. The second-order valence-electron chi connectivity index (χ2n) is 5.44. The van der Waals surface area contributed by atoms with Crippen LogP contribution in [0, 0.1) is 12.1 Å². The summed E-state index contributed by atoms with van der Waals surface area (Å²) in [5.74, 6) is -0.783. The number of nitrogens with two attached hydrogens (primary N) is 2. The molecule has 0 aliphatic carbocycles. The summed E-state index contributed by atoms with van der Waals surface area (Å²) in [6.07, 6.45) is 0.932. The zero-order chi connectivity index (χ0) is 23.4. The van der Waals surface area contributed by atoms with Crippen molar-refractivity contribution >= 4 is 31.0 Å². The summed E-state index contributed by atoms with van der Waals surface area (Å²) < 4.78 is 9.01. The van der Waals surface area contributed by atoms with E-state index in [-0.39, 0.29) is 0 Å². The summed E-state index contributed by atoms with van der Waals surface area (Å²) in [5, 5.41) is 0. The molecule has 30 heavy (non-hydrogen) atoms. The fourth-order valence-corrected chi connectivity index (χ4v) is 2.06. The molecule has 6 nitrogen and oxygen atoms in total. The first-order chi connectivity index (χ1) is 14.5. The predicted octanol–water partition coefficient (Wildman–Crippen LogP) is 2.43. The van der Waals surface area contributed by atoms with Crippen LogP contribution in [0.1, 0.15) is 11.1 Å². The van der Waals surface area contributed by atoms with Crippen LogP contribution in [0.3, 0.4) is 0 Å². The molecule has 0 saturated carbocycles. The van der Waals surface area contributed by atoms with Crippen LogP contribution in [0.25, 0.3) is 0 Å². The number of rotatable bonds is 6. The molecule has 0 amide bonds. The van der Waals surface area contributed by atoms with Gasteiger partial charge in [-0.15, -0.1) is 0 Å². The van der Waals surface area contributed by atoms with Gasteiger partial charge in [0.05, 0.1) is 14.2 Å². The van der Waals surface area contributed by atoms with Crippen molar-refractivity contribution in [2.75, 3.05) is 14.2 Å². The monoisotopic (exact) mass is 638 g/mol. The zero-order valence-electron chi connectivity index (χ0n) is 16.4. The minimum absolute atomic E-state index is 0.391. The quantitative estimate of drug-likeness (QED) is 0.286. The summed E-state index contributed by atoms with van der Waals surface area (Å²) in [4.78, 5) is 21.9. The van der Waals surface area contributed by atoms with E-state index in [0.29, 0.717) is 12.8 Å². The third-order valence-corrected chi connectivity index (χ3v) is 3.43. The van der Waals surface area contributed by atoms with E-state index in [4.69, 9.17) is 11.5 Å². The molecule has 2 aromatic rings. The van der Waals surface area contributed by atoms with Crippen molar-refractivity contribution in [1.82, 2.24) is 0 Å². The molecule has 0 heterocycles. The molecule has 0 saturated heterocycles. The molecular formula is C20H24Cl2N2O4Pd2. The fourth-order valence-electron chi connectivity index (χ4n) is 2.06. The van der Waals surface area contributed by atoms with Crippen LogP contribution < -0.4 is 11.5 Å². The maximum absolute atomic E-state index is 11.0. The van der Waals surface area contributed by atoms with E-state index in [2.05, 4.69) is 77.0 Å². The standard InChI is InChI=1S/2C10H12NO2.2ClH.2Pd/c2*1-13-10(12)9(11)7-8-5-3-2-4-6-8;;;;/h2*2-5,9H,7,11H2,1H3;2*1H;;/q2*-1;;;2*+2/p-2/t2*9-;;;;/m00..../s1. The summed E-state index contributed by atoms with van der Waals surface area (Å²) in [7, 11) is 11.6. The van der Waals surface area contributed by atoms with Crippen molar-refractivity contribution < 1.29 is 55.4 Å². The molecule has 2 atom stereocenters. The topological polar surface area (TPSA) is 105 Å². The average Bonchev–Trinajstić information content (AvgIpc) is 2.82. The van der Waals surface area contributed by atoms with Crippen molar-refractivity contribution in [1.29, 1.82) is 0 Å². The van der Waals surface area contributed by atoms with E-state index < -0.39 is 24.0 Å². The van der Waals surface area contributed by atoms with E-state index in [9.17, 15) is 9.59 Å². The summed E-state index contributed by atoms with van der Waals surface area (Å²) in [5.41, 5.74) is 13.0. The Labute approximate surface area is 207 Å².